The molecule has 2 aliphatic rings. The SMILES string of the molecule is c1nc(NCCC2CCCC2)cc([C@H]2CCOC2)n1. The first-order valence-corrected chi connectivity index (χ1v) is 7.55. The monoisotopic (exact) mass is 261 g/mol. The number of nitrogens with zero attached hydrogens (tertiary/aromatic N) is 2. The minimum atomic E-state index is 0.457. The summed E-state index contributed by atoms with van der Waals surface area (Å²) in [5, 5.41) is 3.44. The Hall–Kier alpha value is -1.16. The third kappa shape index (κ3) is 3.44. The summed E-state index contributed by atoms with van der Waals surface area (Å²) in [5.41, 5.74) is 1.12. The fraction of sp³-hybridized carbons (Fsp3) is 0.733. The van der Waals surface area contributed by atoms with Gasteiger partial charge in [0.15, 0.2) is 0 Å². The average molecular weight is 261 g/mol. The van der Waals surface area contributed by atoms with Crippen molar-refractivity contribution in [1.82, 2.24) is 9.97 Å². The van der Waals surface area contributed by atoms with E-state index in [1.807, 2.05) is 0 Å². The van der Waals surface area contributed by atoms with Crippen LogP contribution in [0.25, 0.3) is 0 Å². The van der Waals surface area contributed by atoms with E-state index in [9.17, 15) is 0 Å². The Labute approximate surface area is 115 Å². The smallest absolute Gasteiger partial charge is 0.129 e. The number of ether oxygens (including phenoxy) is 1. The molecule has 1 atom stereocenters. The van der Waals surface area contributed by atoms with Crippen molar-refractivity contribution in [3.63, 3.8) is 0 Å². The fourth-order valence-electron chi connectivity index (χ4n) is 3.16. The number of hydrogen-bond donors (Lipinski definition) is 1. The van der Waals surface area contributed by atoms with Crippen molar-refractivity contribution in [2.24, 2.45) is 5.92 Å². The quantitative estimate of drug-likeness (QED) is 0.885. The second kappa shape index (κ2) is 6.33. The Bertz CT molecular complexity index is 398. The van der Waals surface area contributed by atoms with E-state index in [0.29, 0.717) is 5.92 Å². The summed E-state index contributed by atoms with van der Waals surface area (Å²) in [6.45, 7) is 2.69. The zero-order chi connectivity index (χ0) is 12.9. The standard InChI is InChI=1S/C15H23N3O/c1-2-4-12(3-1)5-7-16-15-9-14(17-11-18-15)13-6-8-19-10-13/h9,11-13H,1-8,10H2,(H,16,17,18)/t13-/m0/s1. The lowest BCUT2D eigenvalue weighted by Gasteiger charge is -2.12. The van der Waals surface area contributed by atoms with Crippen molar-refractivity contribution >= 4 is 5.82 Å². The summed E-state index contributed by atoms with van der Waals surface area (Å²) in [7, 11) is 0. The van der Waals surface area contributed by atoms with Gasteiger partial charge in [0.1, 0.15) is 12.1 Å². The van der Waals surface area contributed by atoms with Gasteiger partial charge in [-0.1, -0.05) is 25.7 Å². The number of rotatable bonds is 5. The lowest BCUT2D eigenvalue weighted by atomic mass is 10.0. The summed E-state index contributed by atoms with van der Waals surface area (Å²) in [5.74, 6) is 2.35. The summed E-state index contributed by atoms with van der Waals surface area (Å²) >= 11 is 0. The highest BCUT2D eigenvalue weighted by molar-refractivity contribution is 5.35. The Kier molecular flexibility index (Phi) is 4.28. The van der Waals surface area contributed by atoms with Gasteiger partial charge in [0, 0.05) is 25.1 Å². The fourth-order valence-corrected chi connectivity index (χ4v) is 3.16. The third-order valence-corrected chi connectivity index (χ3v) is 4.37. The van der Waals surface area contributed by atoms with Crippen LogP contribution in [0, 0.1) is 5.92 Å². The van der Waals surface area contributed by atoms with Gasteiger partial charge in [0.2, 0.25) is 0 Å². The lowest BCUT2D eigenvalue weighted by molar-refractivity contribution is 0.193. The van der Waals surface area contributed by atoms with Crippen LogP contribution in [0.1, 0.15) is 50.1 Å². The van der Waals surface area contributed by atoms with Crippen LogP contribution in [-0.2, 0) is 4.74 Å². The van der Waals surface area contributed by atoms with E-state index in [1.165, 1.54) is 32.1 Å². The molecule has 19 heavy (non-hydrogen) atoms. The molecule has 4 heteroatoms. The van der Waals surface area contributed by atoms with Crippen molar-refractivity contribution in [3.05, 3.63) is 18.1 Å². The molecule has 0 bridgehead atoms. The Morgan fingerprint density at radius 3 is 2.89 bits per heavy atom. The third-order valence-electron chi connectivity index (χ3n) is 4.37. The van der Waals surface area contributed by atoms with Crippen molar-refractivity contribution < 1.29 is 4.74 Å². The van der Waals surface area contributed by atoms with Crippen molar-refractivity contribution in [3.8, 4) is 0 Å². The number of nitrogens with one attached hydrogen (secondary N) is 1. The molecular formula is C15H23N3O. The molecule has 1 N–H and O–H groups in total. The maximum Gasteiger partial charge on any atom is 0.129 e. The van der Waals surface area contributed by atoms with Crippen LogP contribution in [0.4, 0.5) is 5.82 Å². The first kappa shape index (κ1) is 12.9. The van der Waals surface area contributed by atoms with Gasteiger partial charge in [0.25, 0.3) is 0 Å². The molecule has 2 heterocycles. The Balaban J connectivity index is 1.50. The van der Waals surface area contributed by atoms with Gasteiger partial charge in [-0.2, -0.15) is 0 Å². The van der Waals surface area contributed by atoms with Crippen LogP contribution >= 0.6 is 0 Å². The first-order valence-electron chi connectivity index (χ1n) is 7.55. The highest BCUT2D eigenvalue weighted by Crippen LogP contribution is 2.27. The minimum absolute atomic E-state index is 0.457. The number of anilines is 1. The van der Waals surface area contributed by atoms with E-state index >= 15 is 0 Å². The molecule has 3 rings (SSSR count). The maximum atomic E-state index is 5.42. The first-order chi connectivity index (χ1) is 9.42. The van der Waals surface area contributed by atoms with E-state index < -0.39 is 0 Å². The normalized spacial score (nSPS) is 23.9. The molecule has 0 radical (unpaired) electrons. The molecule has 104 valence electrons. The van der Waals surface area contributed by atoms with Gasteiger partial charge >= 0.3 is 0 Å². The van der Waals surface area contributed by atoms with Crippen LogP contribution < -0.4 is 5.32 Å². The van der Waals surface area contributed by atoms with Crippen LogP contribution in [0.2, 0.25) is 0 Å². The van der Waals surface area contributed by atoms with Gasteiger partial charge < -0.3 is 10.1 Å². The second-order valence-electron chi connectivity index (χ2n) is 5.75. The number of aromatic nitrogens is 2. The molecular weight excluding hydrogens is 238 g/mol. The summed E-state index contributed by atoms with van der Waals surface area (Å²) in [6, 6.07) is 2.09. The van der Waals surface area contributed by atoms with Crippen LogP contribution in [-0.4, -0.2) is 29.7 Å². The molecule has 0 amide bonds. The van der Waals surface area contributed by atoms with Gasteiger partial charge in [0.05, 0.1) is 12.3 Å². The molecule has 0 aromatic carbocycles. The zero-order valence-corrected chi connectivity index (χ0v) is 11.5. The summed E-state index contributed by atoms with van der Waals surface area (Å²) < 4.78 is 5.42. The zero-order valence-electron chi connectivity index (χ0n) is 11.5. The topological polar surface area (TPSA) is 47.0 Å². The van der Waals surface area contributed by atoms with Gasteiger partial charge in [-0.15, -0.1) is 0 Å². The molecule has 1 aliphatic heterocycles. The molecule has 0 unspecified atom stereocenters. The largest absolute Gasteiger partial charge is 0.381 e. The summed E-state index contributed by atoms with van der Waals surface area (Å²) in [4.78, 5) is 8.69. The van der Waals surface area contributed by atoms with Crippen LogP contribution in [0.3, 0.4) is 0 Å². The molecule has 1 aromatic rings. The lowest BCUT2D eigenvalue weighted by Crippen LogP contribution is -2.09. The molecule has 1 saturated carbocycles. The van der Waals surface area contributed by atoms with E-state index in [1.54, 1.807) is 6.33 Å². The molecule has 0 spiro atoms. The van der Waals surface area contributed by atoms with Crippen molar-refractivity contribution in [2.45, 2.75) is 44.4 Å². The van der Waals surface area contributed by atoms with Gasteiger partial charge in [-0.3, -0.25) is 0 Å². The van der Waals surface area contributed by atoms with Crippen LogP contribution in [0.15, 0.2) is 12.4 Å². The minimum Gasteiger partial charge on any atom is -0.381 e. The molecule has 1 saturated heterocycles. The summed E-state index contributed by atoms with van der Waals surface area (Å²) in [6.07, 6.45) is 9.69. The van der Waals surface area contributed by atoms with Gasteiger partial charge in [-0.05, 0) is 18.8 Å². The van der Waals surface area contributed by atoms with Crippen molar-refractivity contribution in [1.29, 1.82) is 0 Å². The van der Waals surface area contributed by atoms with E-state index in [4.69, 9.17) is 4.74 Å². The predicted molar refractivity (Wildman–Crippen MR) is 75.3 cm³/mol. The molecule has 1 aromatic heterocycles. The van der Waals surface area contributed by atoms with Crippen LogP contribution in [0.5, 0.6) is 0 Å². The highest BCUT2D eigenvalue weighted by atomic mass is 16.5. The predicted octanol–water partition coefficient (Wildman–Crippen LogP) is 2.97. The van der Waals surface area contributed by atoms with Gasteiger partial charge in [-0.25, -0.2) is 9.97 Å². The number of hydrogen-bond acceptors (Lipinski definition) is 4. The average Bonchev–Trinajstić information content (AvgIpc) is 3.12. The second-order valence-corrected chi connectivity index (χ2v) is 5.75. The van der Waals surface area contributed by atoms with E-state index in [0.717, 1.165) is 43.6 Å². The van der Waals surface area contributed by atoms with E-state index in [-0.39, 0.29) is 0 Å². The van der Waals surface area contributed by atoms with Crippen molar-refractivity contribution in [2.75, 3.05) is 25.1 Å². The van der Waals surface area contributed by atoms with E-state index in [2.05, 4.69) is 21.4 Å². The Morgan fingerprint density at radius 1 is 1.21 bits per heavy atom. The molecule has 1 aliphatic carbocycles. The maximum absolute atomic E-state index is 5.42. The molecule has 2 fully saturated rings. The Morgan fingerprint density at radius 2 is 2.11 bits per heavy atom. The molecule has 4 nitrogen and oxygen atoms in total. The highest BCUT2D eigenvalue weighted by Gasteiger charge is 2.19.